The van der Waals surface area contributed by atoms with Crippen LogP contribution in [0.2, 0.25) is 5.02 Å². The maximum absolute atomic E-state index is 13.5. The second-order valence-electron chi connectivity index (χ2n) is 7.85. The summed E-state index contributed by atoms with van der Waals surface area (Å²) < 4.78 is 10.8. The second-order valence-corrected chi connectivity index (χ2v) is 8.26. The molecule has 1 saturated carbocycles. The van der Waals surface area contributed by atoms with Crippen LogP contribution in [0.1, 0.15) is 53.7 Å². The molecule has 0 spiro atoms. The average Bonchev–Trinajstić information content (AvgIpc) is 3.58. The summed E-state index contributed by atoms with van der Waals surface area (Å²) in [6.45, 7) is 2.80. The van der Waals surface area contributed by atoms with E-state index in [4.69, 9.17) is 21.1 Å². The van der Waals surface area contributed by atoms with E-state index in [9.17, 15) is 14.9 Å². The number of nitrogens with one attached hydrogen (secondary N) is 1. The first-order valence-electron chi connectivity index (χ1n) is 10.6. The van der Waals surface area contributed by atoms with Crippen LogP contribution in [-0.4, -0.2) is 30.1 Å². The number of benzene rings is 2. The molecule has 0 aromatic heterocycles. The molecule has 1 N–H and O–H groups in total. The van der Waals surface area contributed by atoms with Gasteiger partial charge in [-0.3, -0.25) is 9.59 Å². The van der Waals surface area contributed by atoms with Gasteiger partial charge in [-0.15, -0.1) is 0 Å². The highest BCUT2D eigenvalue weighted by atomic mass is 35.5. The van der Waals surface area contributed by atoms with E-state index < -0.39 is 6.04 Å². The van der Waals surface area contributed by atoms with Gasteiger partial charge in [0.2, 0.25) is 5.91 Å². The smallest absolute Gasteiger partial charge is 0.257 e. The van der Waals surface area contributed by atoms with Crippen molar-refractivity contribution in [2.75, 3.05) is 18.7 Å². The van der Waals surface area contributed by atoms with Crippen molar-refractivity contribution in [1.82, 2.24) is 4.90 Å². The topological polar surface area (TPSA) is 91.7 Å². The highest BCUT2D eigenvalue weighted by molar-refractivity contribution is 6.32. The number of anilines is 1. The molecule has 0 radical (unpaired) electrons. The van der Waals surface area contributed by atoms with Gasteiger partial charge in [0, 0.05) is 29.7 Å². The third kappa shape index (κ3) is 4.57. The van der Waals surface area contributed by atoms with Crippen LogP contribution in [0.25, 0.3) is 0 Å². The van der Waals surface area contributed by atoms with Gasteiger partial charge < -0.3 is 19.7 Å². The van der Waals surface area contributed by atoms with Crippen LogP contribution < -0.4 is 10.1 Å². The Morgan fingerprint density at radius 3 is 2.88 bits per heavy atom. The molecule has 2 aromatic rings. The Kier molecular flexibility index (Phi) is 6.63. The molecule has 166 valence electrons. The highest BCUT2D eigenvalue weighted by Gasteiger charge is 2.38. The van der Waals surface area contributed by atoms with Crippen molar-refractivity contribution in [2.24, 2.45) is 5.92 Å². The first kappa shape index (κ1) is 22.1. The van der Waals surface area contributed by atoms with Gasteiger partial charge in [-0.05, 0) is 49.6 Å². The molecule has 7 nitrogen and oxygen atoms in total. The predicted molar refractivity (Wildman–Crippen MR) is 119 cm³/mol. The van der Waals surface area contributed by atoms with Crippen molar-refractivity contribution in [3.63, 3.8) is 0 Å². The lowest BCUT2D eigenvalue weighted by atomic mass is 10.0. The lowest BCUT2D eigenvalue weighted by Gasteiger charge is -2.26. The molecule has 8 heteroatoms. The van der Waals surface area contributed by atoms with Crippen molar-refractivity contribution in [3.05, 3.63) is 58.1 Å². The molecular weight excluding hydrogens is 430 g/mol. The van der Waals surface area contributed by atoms with Crippen LogP contribution in [-0.2, 0) is 16.1 Å². The average molecular weight is 454 g/mol. The van der Waals surface area contributed by atoms with Crippen molar-refractivity contribution < 1.29 is 19.1 Å². The SMILES string of the molecule is CCOCOc1cccc(C(CC#N)N2Cc3c(Cl)ccc(NC(=O)C4CC4)c3C2=O)c1. The van der Waals surface area contributed by atoms with E-state index in [1.807, 2.05) is 25.1 Å². The standard InChI is InChI=1S/C24H24ClN3O4/c1-2-31-14-32-17-5-3-4-16(12-17)21(10-11-26)28-13-18-19(25)8-9-20(22(18)24(28)30)27-23(29)15-6-7-15/h3-5,8-9,12,15,21H,2,6-7,10,13-14H2,1H3,(H,27,29). The number of hydrogen-bond acceptors (Lipinski definition) is 5. The number of carbonyl (C=O) groups excluding carboxylic acids is 2. The normalized spacial score (nSPS) is 15.8. The number of nitrogens with zero attached hydrogens (tertiary/aromatic N) is 2. The van der Waals surface area contributed by atoms with E-state index >= 15 is 0 Å². The number of fused-ring (bicyclic) bond motifs is 1. The zero-order valence-corrected chi connectivity index (χ0v) is 18.5. The molecule has 1 fully saturated rings. The van der Waals surface area contributed by atoms with Crippen LogP contribution in [0, 0.1) is 17.2 Å². The summed E-state index contributed by atoms with van der Waals surface area (Å²) in [6, 6.07) is 12.4. The fourth-order valence-corrected chi connectivity index (χ4v) is 4.06. The molecular formula is C24H24ClN3O4. The zero-order chi connectivity index (χ0) is 22.7. The van der Waals surface area contributed by atoms with Crippen LogP contribution in [0.5, 0.6) is 5.75 Å². The van der Waals surface area contributed by atoms with E-state index in [0.29, 0.717) is 34.2 Å². The molecule has 1 aliphatic carbocycles. The van der Waals surface area contributed by atoms with E-state index in [1.165, 1.54) is 0 Å². The quantitative estimate of drug-likeness (QED) is 0.440. The van der Waals surface area contributed by atoms with Crippen LogP contribution >= 0.6 is 11.6 Å². The van der Waals surface area contributed by atoms with Gasteiger partial charge in [0.25, 0.3) is 5.91 Å². The largest absolute Gasteiger partial charge is 0.468 e. The lowest BCUT2D eigenvalue weighted by molar-refractivity contribution is -0.117. The van der Waals surface area contributed by atoms with Gasteiger partial charge in [-0.25, -0.2) is 0 Å². The Hall–Kier alpha value is -3.08. The molecule has 2 aromatic carbocycles. The maximum atomic E-state index is 13.5. The van der Waals surface area contributed by atoms with Crippen molar-refractivity contribution in [1.29, 1.82) is 5.26 Å². The van der Waals surface area contributed by atoms with Crippen LogP contribution in [0.3, 0.4) is 0 Å². The number of rotatable bonds is 9. The first-order chi connectivity index (χ1) is 15.5. The fourth-order valence-electron chi connectivity index (χ4n) is 3.84. The van der Waals surface area contributed by atoms with Gasteiger partial charge in [0.15, 0.2) is 6.79 Å². The van der Waals surface area contributed by atoms with Crippen LogP contribution in [0.4, 0.5) is 5.69 Å². The fraction of sp³-hybridized carbons (Fsp3) is 0.375. The maximum Gasteiger partial charge on any atom is 0.257 e. The first-order valence-corrected chi connectivity index (χ1v) is 11.0. The minimum atomic E-state index is -0.487. The van der Waals surface area contributed by atoms with Gasteiger partial charge in [0.1, 0.15) is 5.75 Å². The van der Waals surface area contributed by atoms with Gasteiger partial charge in [-0.1, -0.05) is 23.7 Å². The summed E-state index contributed by atoms with van der Waals surface area (Å²) in [5.41, 5.74) is 2.31. The third-order valence-corrected chi connectivity index (χ3v) is 6.04. The number of halogens is 1. The van der Waals surface area contributed by atoms with Gasteiger partial charge >= 0.3 is 0 Å². The number of nitriles is 1. The number of ether oxygens (including phenoxy) is 2. The van der Waals surface area contributed by atoms with Crippen LogP contribution in [0.15, 0.2) is 36.4 Å². The molecule has 2 amide bonds. The molecule has 1 unspecified atom stereocenters. The number of hydrogen-bond donors (Lipinski definition) is 1. The molecule has 1 heterocycles. The Bertz CT molecular complexity index is 1080. The molecule has 4 rings (SSSR count). The molecule has 0 saturated heterocycles. The predicted octanol–water partition coefficient (Wildman–Crippen LogP) is 4.67. The van der Waals surface area contributed by atoms with Crippen molar-refractivity contribution in [2.45, 2.75) is 38.8 Å². The Morgan fingerprint density at radius 1 is 1.34 bits per heavy atom. The Labute approximate surface area is 191 Å². The minimum Gasteiger partial charge on any atom is -0.468 e. The van der Waals surface area contributed by atoms with E-state index in [1.54, 1.807) is 23.1 Å². The highest BCUT2D eigenvalue weighted by Crippen LogP contribution is 2.41. The molecule has 1 atom stereocenters. The van der Waals surface area contributed by atoms with E-state index in [2.05, 4.69) is 11.4 Å². The monoisotopic (exact) mass is 453 g/mol. The van der Waals surface area contributed by atoms with Gasteiger partial charge in [0.05, 0.1) is 29.8 Å². The number of carbonyl (C=O) groups is 2. The molecule has 0 bridgehead atoms. The lowest BCUT2D eigenvalue weighted by Crippen LogP contribution is -2.29. The van der Waals surface area contributed by atoms with Crippen molar-refractivity contribution in [3.8, 4) is 11.8 Å². The summed E-state index contributed by atoms with van der Waals surface area (Å²) in [7, 11) is 0. The van der Waals surface area contributed by atoms with E-state index in [-0.39, 0.29) is 37.5 Å². The van der Waals surface area contributed by atoms with Gasteiger partial charge in [-0.2, -0.15) is 5.26 Å². The molecule has 1 aliphatic heterocycles. The second kappa shape index (κ2) is 9.60. The summed E-state index contributed by atoms with van der Waals surface area (Å²) in [5.74, 6) is 0.279. The minimum absolute atomic E-state index is 0.0136. The summed E-state index contributed by atoms with van der Waals surface area (Å²) in [5, 5.41) is 12.8. The zero-order valence-electron chi connectivity index (χ0n) is 17.8. The summed E-state index contributed by atoms with van der Waals surface area (Å²) in [4.78, 5) is 27.4. The number of amides is 2. The van der Waals surface area contributed by atoms with E-state index in [0.717, 1.165) is 18.4 Å². The molecule has 2 aliphatic rings. The Morgan fingerprint density at radius 2 is 2.16 bits per heavy atom. The summed E-state index contributed by atoms with van der Waals surface area (Å²) in [6.07, 6.45) is 1.84. The van der Waals surface area contributed by atoms with Crippen molar-refractivity contribution >= 4 is 29.1 Å². The third-order valence-electron chi connectivity index (χ3n) is 5.68. The Balaban J connectivity index is 1.62. The summed E-state index contributed by atoms with van der Waals surface area (Å²) >= 11 is 6.42. The molecule has 32 heavy (non-hydrogen) atoms.